The number of fused-ring (bicyclic) bond motifs is 1. The van der Waals surface area contributed by atoms with Gasteiger partial charge in [0.15, 0.2) is 0 Å². The molecule has 2 aromatic rings. The first-order valence-electron chi connectivity index (χ1n) is 7.30. The minimum atomic E-state index is 0.114. The fraction of sp³-hybridized carbons (Fsp3) is 0.333. The molecule has 0 saturated heterocycles. The lowest BCUT2D eigenvalue weighted by atomic mass is 9.88. The van der Waals surface area contributed by atoms with E-state index in [4.69, 9.17) is 4.74 Å². The maximum Gasteiger partial charge on any atom is 0.126 e. The summed E-state index contributed by atoms with van der Waals surface area (Å²) in [5.74, 6) is 1.28. The number of benzene rings is 2. The predicted octanol–water partition coefficient (Wildman–Crippen LogP) is 3.25. The molecule has 2 N–H and O–H groups in total. The molecular weight excluding hydrogens is 262 g/mol. The summed E-state index contributed by atoms with van der Waals surface area (Å²) in [5, 5.41) is 13.3. The highest BCUT2D eigenvalue weighted by Gasteiger charge is 2.25. The van der Waals surface area contributed by atoms with Crippen LogP contribution >= 0.6 is 0 Å². The van der Waals surface area contributed by atoms with Crippen molar-refractivity contribution in [1.29, 1.82) is 0 Å². The van der Waals surface area contributed by atoms with Gasteiger partial charge in [-0.2, -0.15) is 0 Å². The molecule has 1 aliphatic heterocycles. The number of phenolic OH excluding ortho intramolecular Hbond substituents is 1. The summed E-state index contributed by atoms with van der Waals surface area (Å²) >= 11 is 0. The van der Waals surface area contributed by atoms with Crippen molar-refractivity contribution in [2.24, 2.45) is 0 Å². The van der Waals surface area contributed by atoms with Crippen LogP contribution in [-0.4, -0.2) is 18.8 Å². The minimum Gasteiger partial charge on any atom is -0.508 e. The molecule has 3 rings (SSSR count). The van der Waals surface area contributed by atoms with Gasteiger partial charge >= 0.3 is 0 Å². The van der Waals surface area contributed by atoms with Gasteiger partial charge in [0.1, 0.15) is 11.5 Å². The molecule has 0 spiro atoms. The minimum absolute atomic E-state index is 0.114. The molecule has 110 valence electrons. The number of ether oxygens (including phenoxy) is 1. The van der Waals surface area contributed by atoms with Crippen molar-refractivity contribution in [2.45, 2.75) is 26.3 Å². The summed E-state index contributed by atoms with van der Waals surface area (Å²) in [7, 11) is 1.72. The molecule has 0 aliphatic carbocycles. The molecule has 0 aromatic heterocycles. The number of aromatic hydroxyl groups is 1. The van der Waals surface area contributed by atoms with Crippen LogP contribution in [0.15, 0.2) is 30.3 Å². The van der Waals surface area contributed by atoms with Gasteiger partial charge < -0.3 is 15.2 Å². The third-order valence-corrected chi connectivity index (χ3v) is 4.14. The van der Waals surface area contributed by atoms with Gasteiger partial charge in [-0.1, -0.05) is 23.8 Å². The van der Waals surface area contributed by atoms with Gasteiger partial charge in [-0.05, 0) is 49.1 Å². The van der Waals surface area contributed by atoms with E-state index in [0.717, 1.165) is 24.3 Å². The number of methoxy groups -OCH3 is 1. The van der Waals surface area contributed by atoms with E-state index in [2.05, 4.69) is 31.3 Å². The van der Waals surface area contributed by atoms with E-state index in [9.17, 15) is 5.11 Å². The summed E-state index contributed by atoms with van der Waals surface area (Å²) in [6.07, 6.45) is 0.938. The SMILES string of the molecule is COc1c(C)cc(C)cc1C1NCCc2cc(O)ccc21. The standard InChI is InChI=1S/C18H21NO2/c1-11-8-12(2)18(21-3)16(9-11)17-15-5-4-14(20)10-13(15)6-7-19-17/h4-5,8-10,17,19-20H,6-7H2,1-3H3. The van der Waals surface area contributed by atoms with Crippen LogP contribution in [0.25, 0.3) is 0 Å². The van der Waals surface area contributed by atoms with E-state index in [1.165, 1.54) is 22.3 Å². The van der Waals surface area contributed by atoms with Crippen LogP contribution in [0.5, 0.6) is 11.5 Å². The summed E-state index contributed by atoms with van der Waals surface area (Å²) in [4.78, 5) is 0. The fourth-order valence-corrected chi connectivity index (χ4v) is 3.31. The highest BCUT2D eigenvalue weighted by atomic mass is 16.5. The van der Waals surface area contributed by atoms with Crippen LogP contribution in [0.3, 0.4) is 0 Å². The van der Waals surface area contributed by atoms with Crippen molar-refractivity contribution >= 4 is 0 Å². The van der Waals surface area contributed by atoms with Gasteiger partial charge in [-0.15, -0.1) is 0 Å². The topological polar surface area (TPSA) is 41.5 Å². The number of phenols is 1. The number of hydrogen-bond acceptors (Lipinski definition) is 3. The molecular formula is C18H21NO2. The average molecular weight is 283 g/mol. The summed E-state index contributed by atoms with van der Waals surface area (Å²) < 4.78 is 5.63. The maximum absolute atomic E-state index is 9.69. The third-order valence-electron chi connectivity index (χ3n) is 4.14. The number of nitrogens with one attached hydrogen (secondary N) is 1. The largest absolute Gasteiger partial charge is 0.508 e. The van der Waals surface area contributed by atoms with Crippen molar-refractivity contribution in [1.82, 2.24) is 5.32 Å². The maximum atomic E-state index is 9.69. The van der Waals surface area contributed by atoms with E-state index in [1.54, 1.807) is 13.2 Å². The lowest BCUT2D eigenvalue weighted by Crippen LogP contribution is -2.31. The zero-order valence-electron chi connectivity index (χ0n) is 12.7. The predicted molar refractivity (Wildman–Crippen MR) is 84.1 cm³/mol. The fourth-order valence-electron chi connectivity index (χ4n) is 3.31. The number of aryl methyl sites for hydroxylation is 2. The van der Waals surface area contributed by atoms with Gasteiger partial charge in [-0.3, -0.25) is 0 Å². The second kappa shape index (κ2) is 5.41. The molecule has 3 nitrogen and oxygen atoms in total. The Morgan fingerprint density at radius 2 is 1.95 bits per heavy atom. The number of rotatable bonds is 2. The van der Waals surface area contributed by atoms with E-state index in [-0.39, 0.29) is 6.04 Å². The quantitative estimate of drug-likeness (QED) is 0.889. The first kappa shape index (κ1) is 14.0. The molecule has 0 saturated carbocycles. The van der Waals surface area contributed by atoms with Gasteiger partial charge in [0.05, 0.1) is 13.2 Å². The number of hydrogen-bond donors (Lipinski definition) is 2. The average Bonchev–Trinajstić information content (AvgIpc) is 2.45. The molecule has 1 aliphatic rings. The zero-order chi connectivity index (χ0) is 15.0. The van der Waals surface area contributed by atoms with Crippen LogP contribution in [0.2, 0.25) is 0 Å². The molecule has 0 bridgehead atoms. The van der Waals surface area contributed by atoms with Crippen molar-refractivity contribution in [3.05, 3.63) is 58.1 Å². The van der Waals surface area contributed by atoms with E-state index in [0.29, 0.717) is 5.75 Å². The van der Waals surface area contributed by atoms with Gasteiger partial charge in [0.2, 0.25) is 0 Å². The summed E-state index contributed by atoms with van der Waals surface area (Å²) in [6.45, 7) is 5.09. The first-order valence-corrected chi connectivity index (χ1v) is 7.30. The lowest BCUT2D eigenvalue weighted by molar-refractivity contribution is 0.399. The monoisotopic (exact) mass is 283 g/mol. The van der Waals surface area contributed by atoms with Crippen LogP contribution < -0.4 is 10.1 Å². The third kappa shape index (κ3) is 2.49. The molecule has 21 heavy (non-hydrogen) atoms. The highest BCUT2D eigenvalue weighted by molar-refractivity contribution is 5.51. The Hall–Kier alpha value is -2.00. The Morgan fingerprint density at radius 3 is 2.71 bits per heavy atom. The van der Waals surface area contributed by atoms with Gasteiger partial charge in [-0.25, -0.2) is 0 Å². The normalized spacial score (nSPS) is 17.4. The summed E-state index contributed by atoms with van der Waals surface area (Å²) in [6, 6.07) is 10.1. The Bertz CT molecular complexity index is 679. The Morgan fingerprint density at radius 1 is 1.14 bits per heavy atom. The Labute approximate surface area is 125 Å². The van der Waals surface area contributed by atoms with E-state index >= 15 is 0 Å². The molecule has 0 amide bonds. The summed E-state index contributed by atoms with van der Waals surface area (Å²) in [5.41, 5.74) is 5.99. The zero-order valence-corrected chi connectivity index (χ0v) is 12.7. The second-order valence-electron chi connectivity index (χ2n) is 5.72. The second-order valence-corrected chi connectivity index (χ2v) is 5.72. The smallest absolute Gasteiger partial charge is 0.126 e. The lowest BCUT2D eigenvalue weighted by Gasteiger charge is -2.29. The molecule has 2 aromatic carbocycles. The van der Waals surface area contributed by atoms with Crippen molar-refractivity contribution < 1.29 is 9.84 Å². The van der Waals surface area contributed by atoms with Crippen LogP contribution in [0.1, 0.15) is 33.9 Å². The van der Waals surface area contributed by atoms with Crippen molar-refractivity contribution in [2.75, 3.05) is 13.7 Å². The van der Waals surface area contributed by atoms with Gasteiger partial charge in [0, 0.05) is 12.1 Å². The van der Waals surface area contributed by atoms with Crippen LogP contribution in [-0.2, 0) is 6.42 Å². The Balaban J connectivity index is 2.15. The molecule has 0 fully saturated rings. The molecule has 3 heteroatoms. The Kier molecular flexibility index (Phi) is 3.60. The molecule has 1 unspecified atom stereocenters. The first-order chi connectivity index (χ1) is 10.1. The van der Waals surface area contributed by atoms with Crippen LogP contribution in [0, 0.1) is 13.8 Å². The van der Waals surface area contributed by atoms with E-state index < -0.39 is 0 Å². The van der Waals surface area contributed by atoms with Crippen LogP contribution in [0.4, 0.5) is 0 Å². The van der Waals surface area contributed by atoms with Gasteiger partial charge in [0.25, 0.3) is 0 Å². The molecule has 1 heterocycles. The van der Waals surface area contributed by atoms with E-state index in [1.807, 2.05) is 12.1 Å². The highest BCUT2D eigenvalue weighted by Crippen LogP contribution is 2.37. The molecule has 0 radical (unpaired) electrons. The van der Waals surface area contributed by atoms with Crippen molar-refractivity contribution in [3.8, 4) is 11.5 Å². The molecule has 1 atom stereocenters. The van der Waals surface area contributed by atoms with Crippen molar-refractivity contribution in [3.63, 3.8) is 0 Å².